The van der Waals surface area contributed by atoms with Crippen LogP contribution in [0.15, 0.2) is 48.8 Å². The summed E-state index contributed by atoms with van der Waals surface area (Å²) in [5, 5.41) is 0. The van der Waals surface area contributed by atoms with Gasteiger partial charge in [-0.3, -0.25) is 9.78 Å². The Kier molecular flexibility index (Phi) is 4.07. The van der Waals surface area contributed by atoms with Gasteiger partial charge >= 0.3 is 0 Å². The zero-order chi connectivity index (χ0) is 17.4. The molecule has 0 unspecified atom stereocenters. The molecule has 1 aliphatic carbocycles. The predicted molar refractivity (Wildman–Crippen MR) is 97.0 cm³/mol. The third-order valence-corrected chi connectivity index (χ3v) is 5.31. The molecule has 1 saturated heterocycles. The first-order chi connectivity index (χ1) is 12.1. The number of aromatic nitrogens is 1. The van der Waals surface area contributed by atoms with Crippen LogP contribution in [-0.2, 0) is 0 Å². The van der Waals surface area contributed by atoms with E-state index in [0.29, 0.717) is 5.92 Å². The molecule has 4 rings (SSSR count). The largest absolute Gasteiger partial charge is 0.486 e. The van der Waals surface area contributed by atoms with E-state index in [-0.39, 0.29) is 18.1 Å². The van der Waals surface area contributed by atoms with Crippen molar-refractivity contribution in [2.24, 2.45) is 5.92 Å². The standard InChI is InChI=1S/C20H23N3O2/c1-22(2)16-8-5-14(6-9-16)20(24)23-13-15-7-10-18(23)19(15)25-17-4-3-11-21-12-17/h3-6,8-9,11-12,15,18-19H,7,10,13H2,1-2H3/t15-,18+,19+/m1/s1. The molecule has 130 valence electrons. The fraction of sp³-hybridized carbons (Fsp3) is 0.400. The van der Waals surface area contributed by atoms with E-state index in [9.17, 15) is 4.79 Å². The third-order valence-electron chi connectivity index (χ3n) is 5.31. The minimum absolute atomic E-state index is 0.0780. The normalized spacial score (nSPS) is 24.4. The van der Waals surface area contributed by atoms with Crippen LogP contribution in [0.3, 0.4) is 0 Å². The smallest absolute Gasteiger partial charge is 0.254 e. The van der Waals surface area contributed by atoms with Crippen molar-refractivity contribution in [1.82, 2.24) is 9.88 Å². The minimum atomic E-state index is 0.0780. The number of fused-ring (bicyclic) bond motifs is 2. The maximum Gasteiger partial charge on any atom is 0.254 e. The molecule has 1 aliphatic heterocycles. The van der Waals surface area contributed by atoms with E-state index in [4.69, 9.17) is 4.74 Å². The van der Waals surface area contributed by atoms with Crippen molar-refractivity contribution in [3.05, 3.63) is 54.4 Å². The number of ether oxygens (including phenoxy) is 1. The molecule has 3 atom stereocenters. The van der Waals surface area contributed by atoms with Crippen LogP contribution in [0.5, 0.6) is 5.75 Å². The number of likely N-dealkylation sites (tertiary alicyclic amines) is 1. The highest BCUT2D eigenvalue weighted by Gasteiger charge is 2.50. The number of rotatable bonds is 4. The Morgan fingerprint density at radius 2 is 2.00 bits per heavy atom. The molecule has 1 aromatic heterocycles. The monoisotopic (exact) mass is 337 g/mol. The van der Waals surface area contributed by atoms with E-state index in [1.54, 1.807) is 12.4 Å². The van der Waals surface area contributed by atoms with E-state index >= 15 is 0 Å². The van der Waals surface area contributed by atoms with Gasteiger partial charge in [0.2, 0.25) is 0 Å². The second-order valence-electron chi connectivity index (χ2n) is 7.07. The van der Waals surface area contributed by atoms with Crippen LogP contribution in [0.4, 0.5) is 5.69 Å². The first-order valence-electron chi connectivity index (χ1n) is 8.78. The van der Waals surface area contributed by atoms with E-state index in [1.165, 1.54) is 0 Å². The van der Waals surface area contributed by atoms with Gasteiger partial charge in [0, 0.05) is 44.0 Å². The van der Waals surface area contributed by atoms with Gasteiger partial charge in [0.15, 0.2) is 0 Å². The molecule has 5 nitrogen and oxygen atoms in total. The quantitative estimate of drug-likeness (QED) is 0.861. The number of carbonyl (C=O) groups is 1. The molecule has 1 amide bonds. The zero-order valence-corrected chi connectivity index (χ0v) is 14.6. The van der Waals surface area contributed by atoms with Gasteiger partial charge in [0.25, 0.3) is 5.91 Å². The lowest BCUT2D eigenvalue weighted by molar-refractivity contribution is 0.0666. The maximum absolute atomic E-state index is 13.0. The molecule has 2 bridgehead atoms. The number of pyridine rings is 1. The Hall–Kier alpha value is -2.56. The Morgan fingerprint density at radius 1 is 1.20 bits per heavy atom. The van der Waals surface area contributed by atoms with Gasteiger partial charge in [0.05, 0.1) is 12.2 Å². The van der Waals surface area contributed by atoms with Crippen molar-refractivity contribution in [3.63, 3.8) is 0 Å². The lowest BCUT2D eigenvalue weighted by Gasteiger charge is -2.27. The average molecular weight is 337 g/mol. The first-order valence-corrected chi connectivity index (χ1v) is 8.78. The fourth-order valence-corrected chi connectivity index (χ4v) is 3.99. The summed E-state index contributed by atoms with van der Waals surface area (Å²) in [4.78, 5) is 21.1. The Morgan fingerprint density at radius 3 is 2.68 bits per heavy atom. The van der Waals surface area contributed by atoms with Crippen molar-refractivity contribution >= 4 is 11.6 Å². The van der Waals surface area contributed by atoms with Crippen LogP contribution >= 0.6 is 0 Å². The summed E-state index contributed by atoms with van der Waals surface area (Å²) in [6.07, 6.45) is 5.69. The van der Waals surface area contributed by atoms with Crippen LogP contribution in [0.2, 0.25) is 0 Å². The van der Waals surface area contributed by atoms with Crippen molar-refractivity contribution in [2.45, 2.75) is 25.0 Å². The van der Waals surface area contributed by atoms with Crippen LogP contribution in [0.25, 0.3) is 0 Å². The molecule has 5 heteroatoms. The van der Waals surface area contributed by atoms with E-state index in [1.807, 2.05) is 60.3 Å². The Balaban J connectivity index is 1.49. The van der Waals surface area contributed by atoms with E-state index < -0.39 is 0 Å². The van der Waals surface area contributed by atoms with Gasteiger partial charge in [-0.1, -0.05) is 0 Å². The topological polar surface area (TPSA) is 45.7 Å². The zero-order valence-electron chi connectivity index (χ0n) is 14.6. The highest BCUT2D eigenvalue weighted by molar-refractivity contribution is 5.95. The number of hydrogen-bond donors (Lipinski definition) is 0. The van der Waals surface area contributed by atoms with Gasteiger partial charge in [-0.25, -0.2) is 0 Å². The SMILES string of the molecule is CN(C)c1ccc(C(=O)N2C[C@H]3CC[C@H]2[C@H]3Oc2cccnc2)cc1. The summed E-state index contributed by atoms with van der Waals surface area (Å²) in [6.45, 7) is 0.782. The fourth-order valence-electron chi connectivity index (χ4n) is 3.99. The molecule has 1 aromatic carbocycles. The van der Waals surface area contributed by atoms with Crippen LogP contribution in [-0.4, -0.2) is 48.6 Å². The maximum atomic E-state index is 13.0. The highest BCUT2D eigenvalue weighted by Crippen LogP contribution is 2.40. The highest BCUT2D eigenvalue weighted by atomic mass is 16.5. The lowest BCUT2D eigenvalue weighted by atomic mass is 10.1. The number of piperidine rings is 1. The van der Waals surface area contributed by atoms with Crippen molar-refractivity contribution in [2.75, 3.05) is 25.5 Å². The molecule has 1 saturated carbocycles. The molecule has 0 spiro atoms. The molecule has 0 radical (unpaired) electrons. The van der Waals surface area contributed by atoms with Gasteiger partial charge in [0.1, 0.15) is 11.9 Å². The Labute approximate surface area is 148 Å². The number of amides is 1. The average Bonchev–Trinajstić information content (AvgIpc) is 3.19. The number of benzene rings is 1. The number of anilines is 1. The molecule has 2 aromatic rings. The minimum Gasteiger partial charge on any atom is -0.486 e. The van der Waals surface area contributed by atoms with Crippen LogP contribution in [0.1, 0.15) is 23.2 Å². The molecule has 2 aliphatic rings. The number of carbonyl (C=O) groups excluding carboxylic acids is 1. The van der Waals surface area contributed by atoms with Gasteiger partial charge < -0.3 is 14.5 Å². The molecule has 25 heavy (non-hydrogen) atoms. The van der Waals surface area contributed by atoms with Crippen molar-refractivity contribution < 1.29 is 9.53 Å². The van der Waals surface area contributed by atoms with Crippen molar-refractivity contribution in [1.29, 1.82) is 0 Å². The van der Waals surface area contributed by atoms with E-state index in [0.717, 1.165) is 36.4 Å². The third kappa shape index (κ3) is 2.95. The molecule has 2 fully saturated rings. The van der Waals surface area contributed by atoms with E-state index in [2.05, 4.69) is 4.98 Å². The van der Waals surface area contributed by atoms with Gasteiger partial charge in [-0.2, -0.15) is 0 Å². The summed E-state index contributed by atoms with van der Waals surface area (Å²) in [5.74, 6) is 1.31. The van der Waals surface area contributed by atoms with Gasteiger partial charge in [-0.15, -0.1) is 0 Å². The number of hydrogen-bond acceptors (Lipinski definition) is 4. The predicted octanol–water partition coefficient (Wildman–Crippen LogP) is 2.83. The lowest BCUT2D eigenvalue weighted by Crippen LogP contribution is -2.40. The summed E-state index contributed by atoms with van der Waals surface area (Å²) in [6, 6.07) is 11.8. The first kappa shape index (κ1) is 15.9. The molecule has 0 N–H and O–H groups in total. The molecule has 2 heterocycles. The summed E-state index contributed by atoms with van der Waals surface area (Å²) in [5.41, 5.74) is 1.84. The molecular weight excluding hydrogens is 314 g/mol. The molecular formula is C20H23N3O2. The van der Waals surface area contributed by atoms with Crippen LogP contribution in [0, 0.1) is 5.92 Å². The second kappa shape index (κ2) is 6.39. The Bertz CT molecular complexity index is 745. The summed E-state index contributed by atoms with van der Waals surface area (Å²) < 4.78 is 6.17. The summed E-state index contributed by atoms with van der Waals surface area (Å²) in [7, 11) is 3.99. The van der Waals surface area contributed by atoms with Gasteiger partial charge in [-0.05, 0) is 49.2 Å². The summed E-state index contributed by atoms with van der Waals surface area (Å²) >= 11 is 0. The van der Waals surface area contributed by atoms with Crippen LogP contribution < -0.4 is 9.64 Å². The van der Waals surface area contributed by atoms with Crippen molar-refractivity contribution in [3.8, 4) is 5.75 Å². The number of nitrogens with zero attached hydrogens (tertiary/aromatic N) is 3. The second-order valence-corrected chi connectivity index (χ2v) is 7.07.